The van der Waals surface area contributed by atoms with E-state index in [1.165, 1.54) is 40.8 Å². The SMILES string of the molecule is COC(=O)C=Cc1ccc2c(c1)CCC2N(CCc1c[nH]c2ccccc12)Cc1cnc(C)[nH]1. The van der Waals surface area contributed by atoms with Gasteiger partial charge in [0.05, 0.1) is 7.11 Å². The van der Waals surface area contributed by atoms with Crippen LogP contribution in [-0.2, 0) is 28.9 Å². The van der Waals surface area contributed by atoms with Crippen molar-refractivity contribution in [3.8, 4) is 0 Å². The lowest BCUT2D eigenvalue weighted by Crippen LogP contribution is -2.29. The maximum atomic E-state index is 11.5. The van der Waals surface area contributed by atoms with Gasteiger partial charge < -0.3 is 14.7 Å². The van der Waals surface area contributed by atoms with E-state index in [1.807, 2.05) is 19.2 Å². The number of aryl methyl sites for hydroxylation is 2. The minimum Gasteiger partial charge on any atom is -0.466 e. The summed E-state index contributed by atoms with van der Waals surface area (Å²) in [7, 11) is 1.39. The van der Waals surface area contributed by atoms with Crippen LogP contribution in [0.4, 0.5) is 0 Å². The first-order chi connectivity index (χ1) is 16.6. The van der Waals surface area contributed by atoms with Gasteiger partial charge in [-0.25, -0.2) is 9.78 Å². The summed E-state index contributed by atoms with van der Waals surface area (Å²) < 4.78 is 4.71. The second-order valence-electron chi connectivity index (χ2n) is 8.94. The molecule has 6 heteroatoms. The summed E-state index contributed by atoms with van der Waals surface area (Å²) in [4.78, 5) is 25.3. The summed E-state index contributed by atoms with van der Waals surface area (Å²) in [5.41, 5.74) is 7.44. The highest BCUT2D eigenvalue weighted by Gasteiger charge is 2.28. The molecule has 0 aliphatic heterocycles. The van der Waals surface area contributed by atoms with E-state index in [-0.39, 0.29) is 5.97 Å². The second-order valence-corrected chi connectivity index (χ2v) is 8.94. The number of para-hydroxylation sites is 1. The van der Waals surface area contributed by atoms with Gasteiger partial charge >= 0.3 is 5.97 Å². The molecule has 0 amide bonds. The Labute approximate surface area is 199 Å². The highest BCUT2D eigenvalue weighted by atomic mass is 16.5. The maximum absolute atomic E-state index is 11.5. The molecule has 174 valence electrons. The number of nitrogens with one attached hydrogen (secondary N) is 2. The molecule has 0 spiro atoms. The number of carbonyl (C=O) groups excluding carboxylic acids is 1. The van der Waals surface area contributed by atoms with E-state index in [0.29, 0.717) is 6.04 Å². The van der Waals surface area contributed by atoms with Crippen molar-refractivity contribution < 1.29 is 9.53 Å². The van der Waals surface area contributed by atoms with Crippen LogP contribution in [0, 0.1) is 6.92 Å². The molecular formula is C28H30N4O2. The van der Waals surface area contributed by atoms with Crippen LogP contribution in [0.15, 0.2) is 60.9 Å². The largest absolute Gasteiger partial charge is 0.466 e. The van der Waals surface area contributed by atoms with Crippen molar-refractivity contribution in [1.82, 2.24) is 19.9 Å². The number of hydrogen-bond acceptors (Lipinski definition) is 4. The van der Waals surface area contributed by atoms with Gasteiger partial charge in [0.25, 0.3) is 0 Å². The summed E-state index contributed by atoms with van der Waals surface area (Å²) in [6.07, 6.45) is 10.5. The first-order valence-electron chi connectivity index (χ1n) is 11.8. The number of fused-ring (bicyclic) bond motifs is 2. The van der Waals surface area contributed by atoms with Gasteiger partial charge in [0.15, 0.2) is 0 Å². The number of rotatable bonds is 8. The van der Waals surface area contributed by atoms with E-state index in [0.717, 1.165) is 49.4 Å². The topological polar surface area (TPSA) is 74.0 Å². The van der Waals surface area contributed by atoms with Crippen molar-refractivity contribution in [2.24, 2.45) is 0 Å². The van der Waals surface area contributed by atoms with E-state index in [9.17, 15) is 4.79 Å². The summed E-state index contributed by atoms with van der Waals surface area (Å²) in [6, 6.07) is 15.4. The number of H-pyrrole nitrogens is 2. The van der Waals surface area contributed by atoms with Gasteiger partial charge in [-0.2, -0.15) is 0 Å². The Kier molecular flexibility index (Phi) is 6.32. The summed E-state index contributed by atoms with van der Waals surface area (Å²) >= 11 is 0. The minimum atomic E-state index is -0.336. The van der Waals surface area contributed by atoms with E-state index in [2.05, 4.69) is 68.5 Å². The molecule has 2 aromatic carbocycles. The molecule has 0 fully saturated rings. The highest BCUT2D eigenvalue weighted by Crippen LogP contribution is 2.37. The zero-order chi connectivity index (χ0) is 23.5. The number of benzene rings is 2. The molecular weight excluding hydrogens is 424 g/mol. The number of nitrogens with zero attached hydrogens (tertiary/aromatic N) is 2. The van der Waals surface area contributed by atoms with E-state index in [1.54, 1.807) is 0 Å². The molecule has 1 unspecified atom stereocenters. The number of hydrogen-bond donors (Lipinski definition) is 2. The fraction of sp³-hybridized carbons (Fsp3) is 0.286. The minimum absolute atomic E-state index is 0.336. The molecule has 0 saturated heterocycles. The number of methoxy groups -OCH3 is 1. The second kappa shape index (κ2) is 9.69. The van der Waals surface area contributed by atoms with Crippen LogP contribution in [0.5, 0.6) is 0 Å². The third-order valence-electron chi connectivity index (χ3n) is 6.74. The van der Waals surface area contributed by atoms with Crippen molar-refractivity contribution >= 4 is 22.9 Å². The van der Waals surface area contributed by atoms with Crippen molar-refractivity contribution in [2.45, 2.75) is 38.8 Å². The normalized spacial score (nSPS) is 15.4. The average Bonchev–Trinajstić information content (AvgIpc) is 3.58. The molecule has 0 bridgehead atoms. The highest BCUT2D eigenvalue weighted by molar-refractivity contribution is 5.87. The number of esters is 1. The van der Waals surface area contributed by atoms with E-state index in [4.69, 9.17) is 4.74 Å². The molecule has 1 atom stereocenters. The van der Waals surface area contributed by atoms with Crippen molar-refractivity contribution in [3.05, 3.63) is 94.7 Å². The molecule has 4 aromatic rings. The van der Waals surface area contributed by atoms with Gasteiger partial charge in [-0.05, 0) is 60.6 Å². The van der Waals surface area contributed by atoms with E-state index >= 15 is 0 Å². The average molecular weight is 455 g/mol. The molecule has 0 radical (unpaired) electrons. The molecule has 0 saturated carbocycles. The monoisotopic (exact) mass is 454 g/mol. The number of aromatic amines is 2. The molecule has 34 heavy (non-hydrogen) atoms. The molecule has 2 heterocycles. The predicted molar refractivity (Wildman–Crippen MR) is 134 cm³/mol. The number of imidazole rings is 1. The number of carbonyl (C=O) groups is 1. The Morgan fingerprint density at radius 2 is 2.15 bits per heavy atom. The fourth-order valence-corrected chi connectivity index (χ4v) is 5.05. The number of ether oxygens (including phenoxy) is 1. The molecule has 1 aliphatic carbocycles. The summed E-state index contributed by atoms with van der Waals surface area (Å²) in [6.45, 7) is 3.78. The van der Waals surface area contributed by atoms with Gasteiger partial charge in [0, 0.05) is 54.2 Å². The van der Waals surface area contributed by atoms with Crippen LogP contribution in [0.25, 0.3) is 17.0 Å². The first-order valence-corrected chi connectivity index (χ1v) is 11.8. The molecule has 6 nitrogen and oxygen atoms in total. The predicted octanol–water partition coefficient (Wildman–Crippen LogP) is 5.12. The summed E-state index contributed by atoms with van der Waals surface area (Å²) in [5, 5.41) is 1.30. The Bertz CT molecular complexity index is 1330. The zero-order valence-corrected chi connectivity index (χ0v) is 19.7. The van der Waals surface area contributed by atoms with Crippen LogP contribution >= 0.6 is 0 Å². The Balaban J connectivity index is 1.38. The van der Waals surface area contributed by atoms with Gasteiger partial charge in [-0.1, -0.05) is 36.4 Å². The van der Waals surface area contributed by atoms with Gasteiger partial charge in [0.2, 0.25) is 0 Å². The lowest BCUT2D eigenvalue weighted by molar-refractivity contribution is -0.134. The fourth-order valence-electron chi connectivity index (χ4n) is 5.05. The molecule has 2 aromatic heterocycles. The zero-order valence-electron chi connectivity index (χ0n) is 19.7. The van der Waals surface area contributed by atoms with Crippen LogP contribution in [0.1, 0.15) is 46.2 Å². The smallest absolute Gasteiger partial charge is 0.330 e. The maximum Gasteiger partial charge on any atom is 0.330 e. The standard InChI is InChI=1S/C28H30N4O2/c1-19-29-17-23(31-19)18-32(14-13-22-16-30-26-6-4-3-5-24(22)26)27-11-9-21-15-20(7-10-25(21)27)8-12-28(33)34-2/h3-8,10,12,15-17,27,30H,9,11,13-14,18H2,1-2H3,(H,29,31). The third kappa shape index (κ3) is 4.68. The van der Waals surface area contributed by atoms with Crippen molar-refractivity contribution in [3.63, 3.8) is 0 Å². The van der Waals surface area contributed by atoms with Crippen LogP contribution in [0.3, 0.4) is 0 Å². The van der Waals surface area contributed by atoms with Crippen molar-refractivity contribution in [1.29, 1.82) is 0 Å². The Morgan fingerprint density at radius 3 is 2.97 bits per heavy atom. The van der Waals surface area contributed by atoms with Gasteiger partial charge in [-0.3, -0.25) is 4.90 Å². The lowest BCUT2D eigenvalue weighted by Gasteiger charge is -2.29. The van der Waals surface area contributed by atoms with Crippen molar-refractivity contribution in [2.75, 3.05) is 13.7 Å². The third-order valence-corrected chi connectivity index (χ3v) is 6.74. The van der Waals surface area contributed by atoms with E-state index < -0.39 is 0 Å². The van der Waals surface area contributed by atoms with Gasteiger partial charge in [-0.15, -0.1) is 0 Å². The summed E-state index contributed by atoms with van der Waals surface area (Å²) in [5.74, 6) is 0.608. The molecule has 1 aliphatic rings. The molecule has 5 rings (SSSR count). The first kappa shape index (κ1) is 22.2. The Hall–Kier alpha value is -3.64. The number of aromatic nitrogens is 3. The Morgan fingerprint density at radius 1 is 1.26 bits per heavy atom. The quantitative estimate of drug-likeness (QED) is 0.286. The molecule has 2 N–H and O–H groups in total. The van der Waals surface area contributed by atoms with Crippen LogP contribution in [-0.4, -0.2) is 39.5 Å². The van der Waals surface area contributed by atoms with Gasteiger partial charge in [0.1, 0.15) is 5.82 Å². The van der Waals surface area contributed by atoms with Crippen LogP contribution < -0.4 is 0 Å². The van der Waals surface area contributed by atoms with Crippen LogP contribution in [0.2, 0.25) is 0 Å². The lowest BCUT2D eigenvalue weighted by atomic mass is 10.0.